The van der Waals surface area contributed by atoms with Gasteiger partial charge >= 0.3 is 0 Å². The Labute approximate surface area is 119 Å². The standard InChI is InChI=1S/C16H20N2O2/c1-4-16(19)18-13-8-7-11(2)14(10-13)17-12(3)15-6-5-9-20-15/h5-10,12,17H,4H2,1-3H3,(H,18,19). The van der Waals surface area contributed by atoms with Crippen LogP contribution < -0.4 is 10.6 Å². The third-order valence-electron chi connectivity index (χ3n) is 3.18. The summed E-state index contributed by atoms with van der Waals surface area (Å²) in [5.74, 6) is 0.895. The van der Waals surface area contributed by atoms with Gasteiger partial charge in [0.05, 0.1) is 12.3 Å². The van der Waals surface area contributed by atoms with Crippen molar-refractivity contribution in [2.75, 3.05) is 10.6 Å². The highest BCUT2D eigenvalue weighted by atomic mass is 16.3. The second-order valence-electron chi connectivity index (χ2n) is 4.81. The predicted octanol–water partition coefficient (Wildman–Crippen LogP) is 4.11. The van der Waals surface area contributed by atoms with Gasteiger partial charge in [0.25, 0.3) is 0 Å². The highest BCUT2D eigenvalue weighted by Gasteiger charge is 2.10. The Kier molecular flexibility index (Phi) is 4.45. The molecule has 1 amide bonds. The van der Waals surface area contributed by atoms with Gasteiger partial charge in [-0.1, -0.05) is 13.0 Å². The molecule has 4 heteroatoms. The third-order valence-corrected chi connectivity index (χ3v) is 3.18. The van der Waals surface area contributed by atoms with Gasteiger partial charge in [0.15, 0.2) is 0 Å². The minimum absolute atomic E-state index is 0.0129. The number of carbonyl (C=O) groups is 1. The summed E-state index contributed by atoms with van der Waals surface area (Å²) in [5, 5.41) is 6.26. The topological polar surface area (TPSA) is 54.3 Å². The fraction of sp³-hybridized carbons (Fsp3) is 0.312. The molecule has 0 saturated carbocycles. The van der Waals surface area contributed by atoms with Crippen molar-refractivity contribution in [3.63, 3.8) is 0 Å². The molecule has 0 radical (unpaired) electrons. The molecular weight excluding hydrogens is 252 g/mol. The van der Waals surface area contributed by atoms with Gasteiger partial charge in [-0.15, -0.1) is 0 Å². The summed E-state index contributed by atoms with van der Waals surface area (Å²) in [6.07, 6.45) is 2.14. The average molecular weight is 272 g/mol. The molecule has 4 nitrogen and oxygen atoms in total. The highest BCUT2D eigenvalue weighted by Crippen LogP contribution is 2.25. The van der Waals surface area contributed by atoms with Crippen LogP contribution in [0.15, 0.2) is 41.0 Å². The number of anilines is 2. The molecule has 2 aromatic rings. The van der Waals surface area contributed by atoms with E-state index >= 15 is 0 Å². The molecule has 0 aliphatic heterocycles. The lowest BCUT2D eigenvalue weighted by Gasteiger charge is -2.16. The molecule has 0 aliphatic carbocycles. The van der Waals surface area contributed by atoms with E-state index in [1.165, 1.54) is 0 Å². The quantitative estimate of drug-likeness (QED) is 0.861. The minimum atomic E-state index is 0.0129. The zero-order valence-corrected chi connectivity index (χ0v) is 12.1. The maximum atomic E-state index is 11.4. The van der Waals surface area contributed by atoms with Crippen LogP contribution in [-0.4, -0.2) is 5.91 Å². The first-order valence-electron chi connectivity index (χ1n) is 6.80. The van der Waals surface area contributed by atoms with Crippen molar-refractivity contribution >= 4 is 17.3 Å². The maximum Gasteiger partial charge on any atom is 0.224 e. The maximum absolute atomic E-state index is 11.4. The summed E-state index contributed by atoms with van der Waals surface area (Å²) in [6.45, 7) is 5.90. The van der Waals surface area contributed by atoms with Gasteiger partial charge in [0.2, 0.25) is 5.91 Å². The monoisotopic (exact) mass is 272 g/mol. The number of aryl methyl sites for hydroxylation is 1. The molecule has 1 aromatic carbocycles. The number of rotatable bonds is 5. The number of hydrogen-bond donors (Lipinski definition) is 2. The van der Waals surface area contributed by atoms with Crippen LogP contribution in [0.1, 0.15) is 37.6 Å². The van der Waals surface area contributed by atoms with Gasteiger partial charge in [0.1, 0.15) is 5.76 Å². The van der Waals surface area contributed by atoms with Crippen molar-refractivity contribution in [3.05, 3.63) is 47.9 Å². The lowest BCUT2D eigenvalue weighted by Crippen LogP contribution is -2.11. The first-order chi connectivity index (χ1) is 9.60. The smallest absolute Gasteiger partial charge is 0.224 e. The largest absolute Gasteiger partial charge is 0.467 e. The van der Waals surface area contributed by atoms with Crippen LogP contribution in [0.2, 0.25) is 0 Å². The number of hydrogen-bond acceptors (Lipinski definition) is 3. The molecule has 1 atom stereocenters. The fourth-order valence-corrected chi connectivity index (χ4v) is 1.95. The molecule has 1 aromatic heterocycles. The second kappa shape index (κ2) is 6.28. The van der Waals surface area contributed by atoms with Gasteiger partial charge in [-0.05, 0) is 43.7 Å². The lowest BCUT2D eigenvalue weighted by molar-refractivity contribution is -0.115. The zero-order valence-electron chi connectivity index (χ0n) is 12.1. The summed E-state index contributed by atoms with van der Waals surface area (Å²) in [7, 11) is 0. The number of benzene rings is 1. The minimum Gasteiger partial charge on any atom is -0.467 e. The van der Waals surface area contributed by atoms with Gasteiger partial charge in [-0.3, -0.25) is 4.79 Å². The van der Waals surface area contributed by atoms with Gasteiger partial charge < -0.3 is 15.1 Å². The molecule has 0 spiro atoms. The summed E-state index contributed by atoms with van der Waals surface area (Å²) in [6, 6.07) is 9.73. The second-order valence-corrected chi connectivity index (χ2v) is 4.81. The van der Waals surface area contributed by atoms with Gasteiger partial charge in [-0.25, -0.2) is 0 Å². The summed E-state index contributed by atoms with van der Waals surface area (Å²) >= 11 is 0. The van der Waals surface area contributed by atoms with Crippen LogP contribution in [0.25, 0.3) is 0 Å². The summed E-state index contributed by atoms with van der Waals surface area (Å²) in [5.41, 5.74) is 2.91. The molecule has 2 rings (SSSR count). The van der Waals surface area contributed by atoms with Crippen LogP contribution in [0.5, 0.6) is 0 Å². The zero-order chi connectivity index (χ0) is 14.5. The number of furan rings is 1. The van der Waals surface area contributed by atoms with Crippen LogP contribution in [-0.2, 0) is 4.79 Å². The molecule has 0 bridgehead atoms. The molecule has 1 heterocycles. The molecule has 0 aliphatic rings. The molecular formula is C16H20N2O2. The highest BCUT2D eigenvalue weighted by molar-refractivity contribution is 5.91. The Morgan fingerprint density at radius 1 is 1.35 bits per heavy atom. The summed E-state index contributed by atoms with van der Waals surface area (Å²) < 4.78 is 5.39. The van der Waals surface area contributed by atoms with Gasteiger partial charge in [-0.2, -0.15) is 0 Å². The van der Waals surface area contributed by atoms with Crippen LogP contribution in [0.3, 0.4) is 0 Å². The van der Waals surface area contributed by atoms with Crippen molar-refractivity contribution in [3.8, 4) is 0 Å². The Morgan fingerprint density at radius 3 is 2.80 bits per heavy atom. The van der Waals surface area contributed by atoms with E-state index in [1.807, 2.05) is 51.1 Å². The van der Waals surface area contributed by atoms with Gasteiger partial charge in [0, 0.05) is 17.8 Å². The van der Waals surface area contributed by atoms with Crippen LogP contribution >= 0.6 is 0 Å². The van der Waals surface area contributed by atoms with Crippen molar-refractivity contribution in [2.24, 2.45) is 0 Å². The third kappa shape index (κ3) is 3.41. The molecule has 0 saturated heterocycles. The lowest BCUT2D eigenvalue weighted by atomic mass is 10.1. The van der Waals surface area contributed by atoms with E-state index < -0.39 is 0 Å². The Balaban J connectivity index is 2.14. The SMILES string of the molecule is CCC(=O)Nc1ccc(C)c(NC(C)c2ccco2)c1. The number of carbonyl (C=O) groups excluding carboxylic acids is 1. The molecule has 0 fully saturated rings. The van der Waals surface area contributed by atoms with E-state index in [0.29, 0.717) is 6.42 Å². The number of nitrogens with one attached hydrogen (secondary N) is 2. The first kappa shape index (κ1) is 14.2. The van der Waals surface area contributed by atoms with E-state index in [-0.39, 0.29) is 11.9 Å². The molecule has 2 N–H and O–H groups in total. The Hall–Kier alpha value is -2.23. The van der Waals surface area contributed by atoms with E-state index in [9.17, 15) is 4.79 Å². The summed E-state index contributed by atoms with van der Waals surface area (Å²) in [4.78, 5) is 11.4. The number of amides is 1. The van der Waals surface area contributed by atoms with Crippen LogP contribution in [0, 0.1) is 6.92 Å². The molecule has 1 unspecified atom stereocenters. The van der Waals surface area contributed by atoms with Crippen molar-refractivity contribution in [1.82, 2.24) is 0 Å². The predicted molar refractivity (Wildman–Crippen MR) is 80.8 cm³/mol. The Bertz CT molecular complexity index is 576. The van der Waals surface area contributed by atoms with E-state index in [0.717, 1.165) is 22.7 Å². The van der Waals surface area contributed by atoms with E-state index in [4.69, 9.17) is 4.42 Å². The van der Waals surface area contributed by atoms with E-state index in [1.54, 1.807) is 6.26 Å². The van der Waals surface area contributed by atoms with Crippen molar-refractivity contribution in [1.29, 1.82) is 0 Å². The van der Waals surface area contributed by atoms with Crippen molar-refractivity contribution < 1.29 is 9.21 Å². The molecule has 20 heavy (non-hydrogen) atoms. The van der Waals surface area contributed by atoms with Crippen LogP contribution in [0.4, 0.5) is 11.4 Å². The molecule has 106 valence electrons. The Morgan fingerprint density at radius 2 is 2.15 bits per heavy atom. The van der Waals surface area contributed by atoms with E-state index in [2.05, 4.69) is 10.6 Å². The fourth-order valence-electron chi connectivity index (χ4n) is 1.95. The van der Waals surface area contributed by atoms with Crippen molar-refractivity contribution in [2.45, 2.75) is 33.2 Å². The average Bonchev–Trinajstić information content (AvgIpc) is 2.96. The normalized spacial score (nSPS) is 11.9. The first-order valence-corrected chi connectivity index (χ1v) is 6.80.